The van der Waals surface area contributed by atoms with Crippen molar-refractivity contribution in [1.29, 1.82) is 0 Å². The number of morpholine rings is 1. The van der Waals surface area contributed by atoms with Crippen LogP contribution in [0, 0.1) is 0 Å². The Kier molecular flexibility index (Phi) is 4.38. The lowest BCUT2D eigenvalue weighted by Gasteiger charge is -2.34. The van der Waals surface area contributed by atoms with Gasteiger partial charge in [0.05, 0.1) is 13.2 Å². The highest BCUT2D eigenvalue weighted by molar-refractivity contribution is 7.89. The molecule has 1 aliphatic heterocycles. The number of nitrogens with zero attached hydrogens (tertiary/aromatic N) is 2. The molecule has 7 heteroatoms. The van der Waals surface area contributed by atoms with Crippen LogP contribution in [0.3, 0.4) is 0 Å². The number of anilines is 1. The van der Waals surface area contributed by atoms with Gasteiger partial charge in [-0.25, -0.2) is 13.4 Å². The lowest BCUT2D eigenvalue weighted by molar-refractivity contribution is 0.0314. The average Bonchev–Trinajstić information content (AvgIpc) is 2.47. The van der Waals surface area contributed by atoms with E-state index in [4.69, 9.17) is 4.74 Å². The maximum Gasteiger partial charge on any atom is 0.247 e. The molecule has 1 fully saturated rings. The van der Waals surface area contributed by atoms with E-state index in [9.17, 15) is 8.42 Å². The first-order valence-electron chi connectivity index (χ1n) is 6.33. The van der Waals surface area contributed by atoms with Gasteiger partial charge in [-0.1, -0.05) is 6.92 Å². The van der Waals surface area contributed by atoms with Gasteiger partial charge in [-0.15, -0.1) is 0 Å². The summed E-state index contributed by atoms with van der Waals surface area (Å²) in [6, 6.07) is 3.11. The van der Waals surface area contributed by atoms with Crippen molar-refractivity contribution in [3.63, 3.8) is 0 Å². The molecule has 1 unspecified atom stereocenters. The predicted molar refractivity (Wildman–Crippen MR) is 72.6 cm³/mol. The van der Waals surface area contributed by atoms with E-state index in [-0.39, 0.29) is 10.9 Å². The van der Waals surface area contributed by atoms with Crippen LogP contribution in [0.15, 0.2) is 23.2 Å². The van der Waals surface area contributed by atoms with Crippen LogP contribution in [0.2, 0.25) is 0 Å². The van der Waals surface area contributed by atoms with Crippen LogP contribution in [0.1, 0.15) is 13.3 Å². The summed E-state index contributed by atoms with van der Waals surface area (Å²) in [7, 11) is -1.87. The van der Waals surface area contributed by atoms with E-state index in [1.54, 1.807) is 25.4 Å². The topological polar surface area (TPSA) is 71.5 Å². The molecule has 1 N–H and O–H groups in total. The van der Waals surface area contributed by atoms with Gasteiger partial charge in [0.15, 0.2) is 0 Å². The van der Waals surface area contributed by atoms with Crippen LogP contribution in [0.5, 0.6) is 0 Å². The molecule has 0 saturated carbocycles. The van der Waals surface area contributed by atoms with Gasteiger partial charge in [0, 0.05) is 25.8 Å². The smallest absolute Gasteiger partial charge is 0.247 e. The summed E-state index contributed by atoms with van der Waals surface area (Å²) >= 11 is 0. The van der Waals surface area contributed by atoms with E-state index in [1.165, 1.54) is 4.31 Å². The maximum absolute atomic E-state index is 12.7. The molecule has 6 nitrogen and oxygen atoms in total. The summed E-state index contributed by atoms with van der Waals surface area (Å²) in [4.78, 5) is 4.28. The maximum atomic E-state index is 12.7. The molecule has 0 aromatic carbocycles. The van der Waals surface area contributed by atoms with Crippen LogP contribution in [-0.2, 0) is 14.8 Å². The van der Waals surface area contributed by atoms with Crippen molar-refractivity contribution in [1.82, 2.24) is 9.29 Å². The Hall–Kier alpha value is -1.18. The van der Waals surface area contributed by atoms with Crippen LogP contribution >= 0.6 is 0 Å². The molecule has 1 aromatic heterocycles. The molecule has 0 bridgehead atoms. The summed E-state index contributed by atoms with van der Waals surface area (Å²) in [6.07, 6.45) is 2.30. The number of hydrogen-bond acceptors (Lipinski definition) is 5. The molecule has 2 rings (SSSR count). The Bertz CT molecular complexity index is 533. The number of aromatic nitrogens is 1. The van der Waals surface area contributed by atoms with Gasteiger partial charge < -0.3 is 10.1 Å². The Morgan fingerprint density at radius 3 is 3.05 bits per heavy atom. The first-order valence-corrected chi connectivity index (χ1v) is 7.77. The standard InChI is InChI=1S/C12H19N3O3S/c1-3-10-9-18-8-7-15(10)19(16,17)11-5-4-6-14-12(11)13-2/h4-6,10H,3,7-9H2,1-2H3,(H,13,14). The summed E-state index contributed by atoms with van der Waals surface area (Å²) in [5.41, 5.74) is 0. The van der Waals surface area contributed by atoms with E-state index in [0.717, 1.165) is 6.42 Å². The van der Waals surface area contributed by atoms with Crippen LogP contribution < -0.4 is 5.32 Å². The highest BCUT2D eigenvalue weighted by Gasteiger charge is 2.34. The first kappa shape index (κ1) is 14.2. The molecule has 1 saturated heterocycles. The fraction of sp³-hybridized carbons (Fsp3) is 0.583. The predicted octanol–water partition coefficient (Wildman–Crippen LogP) is 0.923. The van der Waals surface area contributed by atoms with Crippen molar-refractivity contribution < 1.29 is 13.2 Å². The van der Waals surface area contributed by atoms with Gasteiger partial charge in [-0.05, 0) is 18.6 Å². The second kappa shape index (κ2) is 5.85. The second-order valence-corrected chi connectivity index (χ2v) is 6.21. The largest absolute Gasteiger partial charge is 0.378 e. The van der Waals surface area contributed by atoms with Crippen molar-refractivity contribution in [2.24, 2.45) is 0 Å². The van der Waals surface area contributed by atoms with Gasteiger partial charge in [-0.2, -0.15) is 4.31 Å². The van der Waals surface area contributed by atoms with Crippen molar-refractivity contribution in [2.75, 3.05) is 32.1 Å². The molecule has 0 aliphatic carbocycles. The van der Waals surface area contributed by atoms with E-state index in [1.807, 2.05) is 6.92 Å². The van der Waals surface area contributed by atoms with E-state index in [2.05, 4.69) is 10.3 Å². The summed E-state index contributed by atoms with van der Waals surface area (Å²) in [5, 5.41) is 2.83. The van der Waals surface area contributed by atoms with Crippen molar-refractivity contribution in [2.45, 2.75) is 24.3 Å². The Morgan fingerprint density at radius 2 is 2.37 bits per heavy atom. The van der Waals surface area contributed by atoms with E-state index >= 15 is 0 Å². The van der Waals surface area contributed by atoms with Crippen LogP contribution in [0.4, 0.5) is 5.82 Å². The Balaban J connectivity index is 2.40. The number of rotatable bonds is 4. The molecule has 1 aromatic rings. The second-order valence-electron chi connectivity index (χ2n) is 4.35. The SMILES string of the molecule is CCC1COCCN1S(=O)(=O)c1cccnc1NC. The third kappa shape index (κ3) is 2.72. The zero-order valence-electron chi connectivity index (χ0n) is 11.2. The molecule has 1 atom stereocenters. The molecular formula is C12H19N3O3S. The first-order chi connectivity index (χ1) is 9.11. The van der Waals surface area contributed by atoms with Gasteiger partial charge in [0.25, 0.3) is 0 Å². The van der Waals surface area contributed by atoms with Crippen molar-refractivity contribution in [3.05, 3.63) is 18.3 Å². The third-order valence-electron chi connectivity index (χ3n) is 3.24. The molecule has 0 radical (unpaired) electrons. The number of nitrogens with one attached hydrogen (secondary N) is 1. The zero-order chi connectivity index (χ0) is 13.9. The van der Waals surface area contributed by atoms with E-state index in [0.29, 0.717) is 25.6 Å². The number of pyridine rings is 1. The van der Waals surface area contributed by atoms with E-state index < -0.39 is 10.0 Å². The van der Waals surface area contributed by atoms with Gasteiger partial charge >= 0.3 is 0 Å². The summed E-state index contributed by atoms with van der Waals surface area (Å²) in [6.45, 7) is 3.23. The minimum Gasteiger partial charge on any atom is -0.378 e. The number of sulfonamides is 1. The third-order valence-corrected chi connectivity index (χ3v) is 5.22. The molecule has 1 aliphatic rings. The average molecular weight is 285 g/mol. The lowest BCUT2D eigenvalue weighted by Crippen LogP contribution is -2.48. The molecule has 0 spiro atoms. The normalized spacial score (nSPS) is 21.3. The molecule has 19 heavy (non-hydrogen) atoms. The minimum absolute atomic E-state index is 0.108. The number of ether oxygens (including phenoxy) is 1. The van der Waals surface area contributed by atoms with Gasteiger partial charge in [-0.3, -0.25) is 0 Å². The van der Waals surface area contributed by atoms with Crippen LogP contribution in [-0.4, -0.2) is 50.6 Å². The quantitative estimate of drug-likeness (QED) is 0.891. The Morgan fingerprint density at radius 1 is 1.58 bits per heavy atom. The highest BCUT2D eigenvalue weighted by atomic mass is 32.2. The summed E-state index contributed by atoms with van der Waals surface area (Å²) in [5.74, 6) is 0.379. The van der Waals surface area contributed by atoms with Gasteiger partial charge in [0.1, 0.15) is 10.7 Å². The number of hydrogen-bond donors (Lipinski definition) is 1. The summed E-state index contributed by atoms with van der Waals surface area (Å²) < 4.78 is 32.3. The zero-order valence-corrected chi connectivity index (χ0v) is 12.0. The molecule has 2 heterocycles. The van der Waals surface area contributed by atoms with Crippen LogP contribution in [0.25, 0.3) is 0 Å². The van der Waals surface area contributed by atoms with Gasteiger partial charge in [0.2, 0.25) is 10.0 Å². The lowest BCUT2D eigenvalue weighted by atomic mass is 10.2. The Labute approximate surface area is 113 Å². The van der Waals surface area contributed by atoms with Crippen molar-refractivity contribution >= 4 is 15.8 Å². The highest BCUT2D eigenvalue weighted by Crippen LogP contribution is 2.25. The molecular weight excluding hydrogens is 266 g/mol. The fourth-order valence-electron chi connectivity index (χ4n) is 2.19. The monoisotopic (exact) mass is 285 g/mol. The minimum atomic E-state index is -3.54. The molecule has 106 valence electrons. The van der Waals surface area contributed by atoms with Crippen molar-refractivity contribution in [3.8, 4) is 0 Å². The molecule has 0 amide bonds. The fourth-order valence-corrected chi connectivity index (χ4v) is 4.01.